The van der Waals surface area contributed by atoms with E-state index in [-0.39, 0.29) is 18.5 Å². The Hall–Kier alpha value is -2.62. The van der Waals surface area contributed by atoms with Crippen molar-refractivity contribution in [3.05, 3.63) is 70.8 Å². The van der Waals surface area contributed by atoms with Crippen molar-refractivity contribution in [2.45, 2.75) is 32.9 Å². The number of carbonyl (C=O) groups excluding carboxylic acids is 2. The number of ether oxygens (including phenoxy) is 1. The molecule has 0 unspecified atom stereocenters. The highest BCUT2D eigenvalue weighted by atomic mass is 16.5. The maximum Gasteiger partial charge on any atom is 0.338 e. The number of hydrogen-bond donors (Lipinski definition) is 0. The molecule has 1 aliphatic heterocycles. The SMILES string of the molecule is Cc1ccccc1COC(=O)c1ccc(CN2CCCC2=O)cc1. The van der Waals surface area contributed by atoms with Gasteiger partial charge in [0, 0.05) is 19.5 Å². The molecule has 0 spiro atoms. The van der Waals surface area contributed by atoms with E-state index in [1.807, 2.05) is 48.2 Å². The third-order valence-corrected chi connectivity index (χ3v) is 4.35. The van der Waals surface area contributed by atoms with E-state index in [1.54, 1.807) is 12.1 Å². The van der Waals surface area contributed by atoms with E-state index in [1.165, 1.54) is 0 Å². The van der Waals surface area contributed by atoms with Gasteiger partial charge in [0.25, 0.3) is 0 Å². The van der Waals surface area contributed by atoms with Crippen LogP contribution in [0.3, 0.4) is 0 Å². The average Bonchev–Trinajstić information content (AvgIpc) is 2.99. The van der Waals surface area contributed by atoms with Gasteiger partial charge in [-0.2, -0.15) is 0 Å². The van der Waals surface area contributed by atoms with E-state index in [0.29, 0.717) is 18.5 Å². The van der Waals surface area contributed by atoms with E-state index in [2.05, 4.69) is 0 Å². The number of carbonyl (C=O) groups is 2. The van der Waals surface area contributed by atoms with Gasteiger partial charge in [-0.1, -0.05) is 36.4 Å². The maximum absolute atomic E-state index is 12.2. The quantitative estimate of drug-likeness (QED) is 0.792. The normalized spacial score (nSPS) is 14.0. The molecule has 2 aromatic rings. The third-order valence-electron chi connectivity index (χ3n) is 4.35. The van der Waals surface area contributed by atoms with Crippen molar-refractivity contribution in [1.82, 2.24) is 4.90 Å². The predicted molar refractivity (Wildman–Crippen MR) is 91.4 cm³/mol. The first kappa shape index (κ1) is 16.2. The van der Waals surface area contributed by atoms with E-state index in [4.69, 9.17) is 4.74 Å². The molecule has 0 bridgehead atoms. The van der Waals surface area contributed by atoms with Crippen molar-refractivity contribution >= 4 is 11.9 Å². The summed E-state index contributed by atoms with van der Waals surface area (Å²) < 4.78 is 5.38. The van der Waals surface area contributed by atoms with Crippen molar-refractivity contribution in [3.8, 4) is 0 Å². The van der Waals surface area contributed by atoms with Gasteiger partial charge in [0.1, 0.15) is 6.61 Å². The Balaban J connectivity index is 1.57. The number of benzene rings is 2. The molecule has 1 heterocycles. The van der Waals surface area contributed by atoms with Crippen LogP contribution in [0.15, 0.2) is 48.5 Å². The summed E-state index contributed by atoms with van der Waals surface area (Å²) in [5.41, 5.74) is 3.67. The molecule has 1 amide bonds. The number of aryl methyl sites for hydroxylation is 1. The molecule has 1 fully saturated rings. The van der Waals surface area contributed by atoms with Crippen LogP contribution in [0.25, 0.3) is 0 Å². The van der Waals surface area contributed by atoms with Crippen LogP contribution in [0.4, 0.5) is 0 Å². The first-order valence-electron chi connectivity index (χ1n) is 8.22. The number of hydrogen-bond acceptors (Lipinski definition) is 3. The van der Waals surface area contributed by atoms with Gasteiger partial charge in [-0.3, -0.25) is 4.79 Å². The summed E-state index contributed by atoms with van der Waals surface area (Å²) in [6.45, 7) is 3.70. The minimum atomic E-state index is -0.331. The van der Waals surface area contributed by atoms with Crippen molar-refractivity contribution in [2.75, 3.05) is 6.54 Å². The Bertz CT molecular complexity index is 737. The van der Waals surface area contributed by atoms with Gasteiger partial charge in [0.15, 0.2) is 0 Å². The van der Waals surface area contributed by atoms with Gasteiger partial charge in [0.05, 0.1) is 5.56 Å². The summed E-state index contributed by atoms with van der Waals surface area (Å²) in [6.07, 6.45) is 1.57. The lowest BCUT2D eigenvalue weighted by Crippen LogP contribution is -2.23. The zero-order valence-electron chi connectivity index (χ0n) is 13.8. The van der Waals surface area contributed by atoms with E-state index >= 15 is 0 Å². The van der Waals surface area contributed by atoms with Crippen LogP contribution in [-0.4, -0.2) is 23.3 Å². The van der Waals surface area contributed by atoms with Crippen LogP contribution in [0.2, 0.25) is 0 Å². The Morgan fingerprint density at radius 1 is 1.12 bits per heavy atom. The minimum absolute atomic E-state index is 0.205. The molecule has 24 heavy (non-hydrogen) atoms. The number of esters is 1. The molecule has 0 atom stereocenters. The fourth-order valence-corrected chi connectivity index (χ4v) is 2.84. The molecular formula is C20H21NO3. The number of nitrogens with zero attached hydrogens (tertiary/aromatic N) is 1. The second kappa shape index (κ2) is 7.30. The van der Waals surface area contributed by atoms with Gasteiger partial charge in [-0.25, -0.2) is 4.79 Å². The molecule has 4 heteroatoms. The van der Waals surface area contributed by atoms with Crippen molar-refractivity contribution in [2.24, 2.45) is 0 Å². The summed E-state index contributed by atoms with van der Waals surface area (Å²) in [4.78, 5) is 25.7. The molecule has 0 radical (unpaired) electrons. The van der Waals surface area contributed by atoms with Crippen LogP contribution in [0.1, 0.15) is 39.9 Å². The highest BCUT2D eigenvalue weighted by molar-refractivity contribution is 5.89. The molecule has 0 aromatic heterocycles. The van der Waals surface area contributed by atoms with E-state index in [9.17, 15) is 9.59 Å². The van der Waals surface area contributed by atoms with Gasteiger partial charge >= 0.3 is 5.97 Å². The molecular weight excluding hydrogens is 302 g/mol. The Kier molecular flexibility index (Phi) is 4.94. The van der Waals surface area contributed by atoms with Gasteiger partial charge < -0.3 is 9.64 Å². The Morgan fingerprint density at radius 2 is 1.88 bits per heavy atom. The van der Waals surface area contributed by atoms with Gasteiger partial charge in [0.2, 0.25) is 5.91 Å². The molecule has 2 aromatic carbocycles. The standard InChI is InChI=1S/C20H21NO3/c1-15-5-2-3-6-18(15)14-24-20(23)17-10-8-16(9-11-17)13-21-12-4-7-19(21)22/h2-3,5-6,8-11H,4,7,12-14H2,1H3. The van der Waals surface area contributed by atoms with Crippen molar-refractivity contribution in [1.29, 1.82) is 0 Å². The maximum atomic E-state index is 12.2. The average molecular weight is 323 g/mol. The van der Waals surface area contributed by atoms with Gasteiger partial charge in [-0.15, -0.1) is 0 Å². The van der Waals surface area contributed by atoms with Crippen LogP contribution < -0.4 is 0 Å². The number of rotatable bonds is 5. The largest absolute Gasteiger partial charge is 0.457 e. The third kappa shape index (κ3) is 3.82. The topological polar surface area (TPSA) is 46.6 Å². The molecule has 3 rings (SSSR count). The molecule has 4 nitrogen and oxygen atoms in total. The summed E-state index contributed by atoms with van der Waals surface area (Å²) in [7, 11) is 0. The monoisotopic (exact) mass is 323 g/mol. The second-order valence-corrected chi connectivity index (χ2v) is 6.12. The Labute approximate surface area is 142 Å². The Morgan fingerprint density at radius 3 is 2.54 bits per heavy atom. The molecule has 1 aliphatic rings. The van der Waals surface area contributed by atoms with Crippen molar-refractivity contribution in [3.63, 3.8) is 0 Å². The highest BCUT2D eigenvalue weighted by Crippen LogP contribution is 2.16. The van der Waals surface area contributed by atoms with E-state index in [0.717, 1.165) is 29.7 Å². The molecule has 0 N–H and O–H groups in total. The van der Waals surface area contributed by atoms with E-state index < -0.39 is 0 Å². The number of amides is 1. The summed E-state index contributed by atoms with van der Waals surface area (Å²) in [5, 5.41) is 0. The smallest absolute Gasteiger partial charge is 0.338 e. The summed E-state index contributed by atoms with van der Waals surface area (Å²) in [6, 6.07) is 15.1. The van der Waals surface area contributed by atoms with Gasteiger partial charge in [-0.05, 0) is 42.2 Å². The lowest BCUT2D eigenvalue weighted by Gasteiger charge is -2.15. The molecule has 0 saturated carbocycles. The van der Waals surface area contributed by atoms with Crippen LogP contribution in [-0.2, 0) is 22.7 Å². The van der Waals surface area contributed by atoms with Crippen LogP contribution in [0.5, 0.6) is 0 Å². The first-order chi connectivity index (χ1) is 11.6. The molecule has 1 saturated heterocycles. The first-order valence-corrected chi connectivity index (χ1v) is 8.22. The minimum Gasteiger partial charge on any atom is -0.457 e. The summed E-state index contributed by atoms with van der Waals surface area (Å²) in [5.74, 6) is -0.126. The molecule has 0 aliphatic carbocycles. The number of likely N-dealkylation sites (tertiary alicyclic amines) is 1. The highest BCUT2D eigenvalue weighted by Gasteiger charge is 2.20. The fraction of sp³-hybridized carbons (Fsp3) is 0.300. The fourth-order valence-electron chi connectivity index (χ4n) is 2.84. The van der Waals surface area contributed by atoms with Crippen molar-refractivity contribution < 1.29 is 14.3 Å². The molecule has 124 valence electrons. The zero-order valence-corrected chi connectivity index (χ0v) is 13.8. The summed E-state index contributed by atoms with van der Waals surface area (Å²) >= 11 is 0. The lowest BCUT2D eigenvalue weighted by atomic mass is 10.1. The van der Waals surface area contributed by atoms with Crippen LogP contribution in [0, 0.1) is 6.92 Å². The second-order valence-electron chi connectivity index (χ2n) is 6.12. The lowest BCUT2D eigenvalue weighted by molar-refractivity contribution is -0.128. The zero-order chi connectivity index (χ0) is 16.9. The van der Waals surface area contributed by atoms with Crippen LogP contribution >= 0.6 is 0 Å². The predicted octanol–water partition coefficient (Wildman–Crippen LogP) is 3.47.